The third-order valence-electron chi connectivity index (χ3n) is 3.14. The quantitative estimate of drug-likeness (QED) is 0.818. The number of hydrogen-bond donors (Lipinski definition) is 2. The highest BCUT2D eigenvalue weighted by Gasteiger charge is 2.19. The van der Waals surface area contributed by atoms with E-state index < -0.39 is 0 Å². The highest BCUT2D eigenvalue weighted by molar-refractivity contribution is 5.91. The number of fused-ring (bicyclic) bond motifs is 1. The molecule has 0 unspecified atom stereocenters. The number of aromatic nitrogens is 2. The van der Waals surface area contributed by atoms with E-state index in [0.717, 1.165) is 35.5 Å². The van der Waals surface area contributed by atoms with Gasteiger partial charge in [-0.15, -0.1) is 0 Å². The van der Waals surface area contributed by atoms with Crippen LogP contribution in [0.4, 0.5) is 11.5 Å². The first-order valence-electron chi connectivity index (χ1n) is 6.76. The zero-order valence-electron chi connectivity index (χ0n) is 12.6. The third kappa shape index (κ3) is 3.57. The molecule has 0 aliphatic heterocycles. The van der Waals surface area contributed by atoms with Crippen molar-refractivity contribution >= 4 is 22.4 Å². The lowest BCUT2D eigenvalue weighted by Crippen LogP contribution is -2.34. The minimum absolute atomic E-state index is 0.154. The van der Waals surface area contributed by atoms with E-state index in [1.165, 1.54) is 0 Å². The maximum Gasteiger partial charge on any atom is 0.137 e. The van der Waals surface area contributed by atoms with E-state index >= 15 is 0 Å². The summed E-state index contributed by atoms with van der Waals surface area (Å²) >= 11 is 0. The van der Waals surface area contributed by atoms with Gasteiger partial charge < -0.3 is 16.0 Å². The molecule has 0 aliphatic rings. The molecule has 2 rings (SSSR count). The Morgan fingerprint density at radius 2 is 2.00 bits per heavy atom. The van der Waals surface area contributed by atoms with Gasteiger partial charge in [0, 0.05) is 24.2 Å². The van der Waals surface area contributed by atoms with E-state index in [2.05, 4.69) is 48.1 Å². The fourth-order valence-electron chi connectivity index (χ4n) is 2.45. The van der Waals surface area contributed by atoms with Gasteiger partial charge in [-0.2, -0.15) is 0 Å². The van der Waals surface area contributed by atoms with Gasteiger partial charge in [0.2, 0.25) is 0 Å². The first kappa shape index (κ1) is 14.5. The van der Waals surface area contributed by atoms with Crippen LogP contribution in [0.25, 0.3) is 10.9 Å². The molecule has 108 valence electrons. The van der Waals surface area contributed by atoms with Gasteiger partial charge in [-0.05, 0) is 37.7 Å². The van der Waals surface area contributed by atoms with E-state index in [4.69, 9.17) is 5.73 Å². The number of nitrogen functional groups attached to an aromatic ring is 1. The summed E-state index contributed by atoms with van der Waals surface area (Å²) < 4.78 is 0. The highest BCUT2D eigenvalue weighted by Crippen LogP contribution is 2.23. The van der Waals surface area contributed by atoms with Gasteiger partial charge >= 0.3 is 0 Å². The summed E-state index contributed by atoms with van der Waals surface area (Å²) in [5.41, 5.74) is 7.63. The van der Waals surface area contributed by atoms with Crippen LogP contribution in [0.2, 0.25) is 0 Å². The van der Waals surface area contributed by atoms with Crippen LogP contribution in [-0.2, 0) is 0 Å². The molecule has 0 amide bonds. The Morgan fingerprint density at radius 3 is 2.70 bits per heavy atom. The Hall–Kier alpha value is -1.88. The Balaban J connectivity index is 2.20. The van der Waals surface area contributed by atoms with Crippen LogP contribution >= 0.6 is 0 Å². The number of nitrogens with two attached hydrogens (primary N) is 1. The van der Waals surface area contributed by atoms with Gasteiger partial charge in [0.15, 0.2) is 0 Å². The van der Waals surface area contributed by atoms with Gasteiger partial charge in [-0.1, -0.05) is 13.8 Å². The number of anilines is 2. The van der Waals surface area contributed by atoms with Crippen LogP contribution < -0.4 is 11.1 Å². The lowest BCUT2D eigenvalue weighted by molar-refractivity contribution is 0.254. The molecule has 0 spiro atoms. The van der Waals surface area contributed by atoms with E-state index in [1.807, 2.05) is 18.2 Å². The fourth-order valence-corrected chi connectivity index (χ4v) is 2.45. The SMILES string of the molecule is CN(C)CC(C)(C)CNc1ncnc2ccc(N)cc12. The highest BCUT2D eigenvalue weighted by atomic mass is 15.1. The summed E-state index contributed by atoms with van der Waals surface area (Å²) in [5.74, 6) is 0.842. The minimum Gasteiger partial charge on any atom is -0.399 e. The van der Waals surface area contributed by atoms with Crippen LogP contribution in [0.3, 0.4) is 0 Å². The Bertz CT molecular complexity index is 592. The number of nitrogens with zero attached hydrogens (tertiary/aromatic N) is 3. The standard InChI is InChI=1S/C15H23N5/c1-15(2,9-20(3)4)8-17-14-12-7-11(16)5-6-13(12)18-10-19-14/h5-7,10H,8-9,16H2,1-4H3,(H,17,18,19). The van der Waals surface area contributed by atoms with Crippen molar-refractivity contribution in [3.63, 3.8) is 0 Å². The molecule has 1 aromatic carbocycles. The predicted octanol–water partition coefficient (Wildman–Crippen LogP) is 2.21. The molecule has 0 bridgehead atoms. The number of hydrogen-bond acceptors (Lipinski definition) is 5. The Labute approximate surface area is 120 Å². The monoisotopic (exact) mass is 273 g/mol. The van der Waals surface area contributed by atoms with Crippen molar-refractivity contribution in [3.8, 4) is 0 Å². The number of nitrogens with one attached hydrogen (secondary N) is 1. The predicted molar refractivity (Wildman–Crippen MR) is 84.8 cm³/mol. The molecule has 1 heterocycles. The zero-order chi connectivity index (χ0) is 14.8. The molecule has 0 saturated carbocycles. The molecular formula is C15H23N5. The summed E-state index contributed by atoms with van der Waals surface area (Å²) in [6, 6.07) is 5.69. The third-order valence-corrected chi connectivity index (χ3v) is 3.14. The molecule has 5 nitrogen and oxygen atoms in total. The fraction of sp³-hybridized carbons (Fsp3) is 0.467. The average molecular weight is 273 g/mol. The molecule has 0 radical (unpaired) electrons. The van der Waals surface area contributed by atoms with E-state index in [-0.39, 0.29) is 5.41 Å². The molecule has 0 saturated heterocycles. The molecule has 2 aromatic rings. The second kappa shape index (κ2) is 5.63. The van der Waals surface area contributed by atoms with E-state index in [9.17, 15) is 0 Å². The van der Waals surface area contributed by atoms with Crippen LogP contribution in [0.1, 0.15) is 13.8 Å². The number of rotatable bonds is 5. The lowest BCUT2D eigenvalue weighted by Gasteiger charge is -2.28. The van der Waals surface area contributed by atoms with Gasteiger partial charge in [-0.3, -0.25) is 0 Å². The van der Waals surface area contributed by atoms with E-state index in [0.29, 0.717) is 0 Å². The van der Waals surface area contributed by atoms with Crippen LogP contribution in [0.15, 0.2) is 24.5 Å². The first-order valence-corrected chi connectivity index (χ1v) is 6.76. The molecule has 0 aliphatic carbocycles. The molecular weight excluding hydrogens is 250 g/mol. The summed E-state index contributed by atoms with van der Waals surface area (Å²) in [7, 11) is 4.17. The topological polar surface area (TPSA) is 67.1 Å². The molecule has 20 heavy (non-hydrogen) atoms. The van der Waals surface area contributed by atoms with Crippen molar-refractivity contribution in [1.82, 2.24) is 14.9 Å². The molecule has 5 heteroatoms. The second-order valence-corrected chi connectivity index (χ2v) is 6.25. The zero-order valence-corrected chi connectivity index (χ0v) is 12.6. The smallest absolute Gasteiger partial charge is 0.137 e. The van der Waals surface area contributed by atoms with Crippen LogP contribution in [-0.4, -0.2) is 42.1 Å². The van der Waals surface area contributed by atoms with Gasteiger partial charge in [0.25, 0.3) is 0 Å². The van der Waals surface area contributed by atoms with Gasteiger partial charge in [0.1, 0.15) is 12.1 Å². The maximum atomic E-state index is 5.85. The van der Waals surface area contributed by atoms with Crippen molar-refractivity contribution in [2.75, 3.05) is 38.2 Å². The average Bonchev–Trinajstić information content (AvgIpc) is 2.35. The van der Waals surface area contributed by atoms with Crippen molar-refractivity contribution in [3.05, 3.63) is 24.5 Å². The second-order valence-electron chi connectivity index (χ2n) is 6.25. The summed E-state index contributed by atoms with van der Waals surface area (Å²) in [4.78, 5) is 10.8. The van der Waals surface area contributed by atoms with Gasteiger partial charge in [-0.25, -0.2) is 9.97 Å². The largest absolute Gasteiger partial charge is 0.399 e. The maximum absolute atomic E-state index is 5.85. The molecule has 3 N–H and O–H groups in total. The first-order chi connectivity index (χ1) is 9.37. The normalized spacial score (nSPS) is 12.1. The van der Waals surface area contributed by atoms with Crippen molar-refractivity contribution in [1.29, 1.82) is 0 Å². The number of benzene rings is 1. The Kier molecular flexibility index (Phi) is 4.09. The lowest BCUT2D eigenvalue weighted by atomic mass is 9.93. The molecule has 1 aromatic heterocycles. The summed E-state index contributed by atoms with van der Waals surface area (Å²) in [5, 5.41) is 4.39. The van der Waals surface area contributed by atoms with Crippen molar-refractivity contribution in [2.24, 2.45) is 5.41 Å². The summed E-state index contributed by atoms with van der Waals surface area (Å²) in [6.07, 6.45) is 1.58. The van der Waals surface area contributed by atoms with Gasteiger partial charge in [0.05, 0.1) is 5.52 Å². The molecule has 0 atom stereocenters. The van der Waals surface area contributed by atoms with E-state index in [1.54, 1.807) is 6.33 Å². The summed E-state index contributed by atoms with van der Waals surface area (Å²) in [6.45, 7) is 6.31. The molecule has 0 fully saturated rings. The Morgan fingerprint density at radius 1 is 1.25 bits per heavy atom. The van der Waals surface area contributed by atoms with Crippen molar-refractivity contribution < 1.29 is 0 Å². The van der Waals surface area contributed by atoms with Crippen molar-refractivity contribution in [2.45, 2.75) is 13.8 Å². The van der Waals surface area contributed by atoms with Crippen LogP contribution in [0.5, 0.6) is 0 Å². The van der Waals surface area contributed by atoms with Crippen LogP contribution in [0, 0.1) is 5.41 Å². The minimum atomic E-state index is 0.154.